The molecule has 3 N–H and O–H groups in total. The number of nitrogens with zero attached hydrogens (tertiary/aromatic N) is 4. The number of rotatable bonds is 3. The van der Waals surface area contributed by atoms with Crippen LogP contribution in [0.25, 0.3) is 0 Å². The number of nitrogens with two attached hydrogens (primary N) is 1. The number of nitriles is 1. The normalized spacial score (nSPS) is 25.4. The van der Waals surface area contributed by atoms with Crippen LogP contribution in [0.3, 0.4) is 0 Å². The first-order chi connectivity index (χ1) is 12.9. The van der Waals surface area contributed by atoms with E-state index in [0.29, 0.717) is 12.0 Å². The van der Waals surface area contributed by atoms with E-state index >= 15 is 0 Å². The van der Waals surface area contributed by atoms with Crippen molar-refractivity contribution >= 4 is 17.7 Å². The van der Waals surface area contributed by atoms with E-state index in [2.05, 4.69) is 20.3 Å². The lowest BCUT2D eigenvalue weighted by molar-refractivity contribution is 0.102. The van der Waals surface area contributed by atoms with Gasteiger partial charge in [0.1, 0.15) is 40.7 Å². The number of aromatic nitrogens is 2. The number of amides is 1. The molecule has 2 aromatic rings. The number of amidine groups is 1. The lowest BCUT2D eigenvalue weighted by Gasteiger charge is -2.29. The van der Waals surface area contributed by atoms with Crippen LogP contribution in [-0.4, -0.2) is 28.0 Å². The van der Waals surface area contributed by atoms with Crippen LogP contribution in [0.5, 0.6) is 0 Å². The molecule has 1 aliphatic heterocycles. The minimum absolute atomic E-state index is 0.00803. The van der Waals surface area contributed by atoms with Crippen molar-refractivity contribution in [2.75, 3.05) is 5.32 Å². The summed E-state index contributed by atoms with van der Waals surface area (Å²) in [7, 11) is 0. The third-order valence-electron chi connectivity index (χ3n) is 4.76. The molecule has 0 spiro atoms. The second-order valence-corrected chi connectivity index (χ2v) is 6.62. The Morgan fingerprint density at radius 1 is 1.44 bits per heavy atom. The van der Waals surface area contributed by atoms with Crippen molar-refractivity contribution in [2.45, 2.75) is 25.0 Å². The van der Waals surface area contributed by atoms with Gasteiger partial charge in [-0.1, -0.05) is 0 Å². The number of halogens is 1. The molecule has 136 valence electrons. The molecule has 27 heavy (non-hydrogen) atoms. The van der Waals surface area contributed by atoms with Crippen LogP contribution >= 0.6 is 0 Å². The first kappa shape index (κ1) is 16.9. The van der Waals surface area contributed by atoms with Crippen LogP contribution in [0.15, 0.2) is 35.5 Å². The fourth-order valence-electron chi connectivity index (χ4n) is 3.26. The molecule has 1 amide bonds. The van der Waals surface area contributed by atoms with Crippen LogP contribution in [-0.2, 0) is 10.3 Å². The average Bonchev–Trinajstić information content (AvgIpc) is 3.43. The number of aliphatic imine (C=N–C) groups is 1. The third-order valence-corrected chi connectivity index (χ3v) is 4.76. The highest BCUT2D eigenvalue weighted by Gasteiger charge is 2.58. The van der Waals surface area contributed by atoms with Gasteiger partial charge in [-0.25, -0.2) is 19.4 Å². The van der Waals surface area contributed by atoms with E-state index in [1.165, 1.54) is 30.5 Å². The van der Waals surface area contributed by atoms with E-state index in [-0.39, 0.29) is 35.2 Å². The molecule has 1 saturated carbocycles. The lowest BCUT2D eigenvalue weighted by atomic mass is 9.90. The van der Waals surface area contributed by atoms with Gasteiger partial charge >= 0.3 is 0 Å². The maximum atomic E-state index is 14.5. The molecule has 0 saturated heterocycles. The first-order valence-electron chi connectivity index (χ1n) is 8.27. The summed E-state index contributed by atoms with van der Waals surface area (Å²) in [6.07, 6.45) is 1.93. The molecule has 2 aromatic heterocycles. The second-order valence-electron chi connectivity index (χ2n) is 6.62. The second kappa shape index (κ2) is 6.02. The van der Waals surface area contributed by atoms with Gasteiger partial charge in [-0.05, 0) is 37.6 Å². The fourth-order valence-corrected chi connectivity index (χ4v) is 3.26. The van der Waals surface area contributed by atoms with E-state index in [1.807, 2.05) is 6.07 Å². The number of ether oxygens (including phenoxy) is 1. The number of hydrogen-bond acceptors (Lipinski definition) is 7. The quantitative estimate of drug-likeness (QED) is 0.851. The summed E-state index contributed by atoms with van der Waals surface area (Å²) in [5.41, 5.74) is 5.32. The van der Waals surface area contributed by atoms with Gasteiger partial charge in [0, 0.05) is 12.1 Å². The Bertz CT molecular complexity index is 1000. The van der Waals surface area contributed by atoms with Crippen molar-refractivity contribution in [3.8, 4) is 6.07 Å². The van der Waals surface area contributed by atoms with Gasteiger partial charge in [0.05, 0.1) is 5.56 Å². The van der Waals surface area contributed by atoms with Crippen molar-refractivity contribution < 1.29 is 13.9 Å². The van der Waals surface area contributed by atoms with Crippen molar-refractivity contribution in [1.82, 2.24) is 9.97 Å². The zero-order chi connectivity index (χ0) is 19.2. The molecule has 1 aliphatic carbocycles. The highest BCUT2D eigenvalue weighted by atomic mass is 19.1. The lowest BCUT2D eigenvalue weighted by Crippen LogP contribution is -2.36. The van der Waals surface area contributed by atoms with Crippen LogP contribution in [0.2, 0.25) is 0 Å². The minimum atomic E-state index is -0.954. The Kier molecular flexibility index (Phi) is 3.77. The van der Waals surface area contributed by atoms with Crippen molar-refractivity contribution in [3.63, 3.8) is 0 Å². The summed E-state index contributed by atoms with van der Waals surface area (Å²) in [5, 5.41) is 11.4. The number of anilines is 1. The van der Waals surface area contributed by atoms with E-state index < -0.39 is 17.3 Å². The maximum absolute atomic E-state index is 14.5. The molecule has 2 aliphatic rings. The molecular formula is C18H15FN6O2. The number of carbonyl (C=O) groups is 1. The fraction of sp³-hybridized carbons (Fsp3) is 0.278. The molecule has 0 aromatic carbocycles. The van der Waals surface area contributed by atoms with E-state index in [4.69, 9.17) is 15.7 Å². The van der Waals surface area contributed by atoms with Crippen molar-refractivity contribution in [3.05, 3.63) is 53.2 Å². The Morgan fingerprint density at radius 2 is 2.26 bits per heavy atom. The monoisotopic (exact) mass is 366 g/mol. The first-order valence-corrected chi connectivity index (χ1v) is 8.27. The number of carbonyl (C=O) groups excluding carboxylic acids is 1. The van der Waals surface area contributed by atoms with Crippen LogP contribution < -0.4 is 11.1 Å². The predicted molar refractivity (Wildman–Crippen MR) is 93.1 cm³/mol. The number of pyridine rings is 2. The predicted octanol–water partition coefficient (Wildman–Crippen LogP) is 1.69. The highest BCUT2D eigenvalue weighted by Crippen LogP contribution is 2.52. The van der Waals surface area contributed by atoms with Gasteiger partial charge in [-0.3, -0.25) is 4.79 Å². The van der Waals surface area contributed by atoms with Gasteiger partial charge in [-0.15, -0.1) is 0 Å². The van der Waals surface area contributed by atoms with E-state index in [9.17, 15) is 9.18 Å². The van der Waals surface area contributed by atoms with Crippen molar-refractivity contribution in [2.24, 2.45) is 16.6 Å². The Hall–Kier alpha value is -3.54. The summed E-state index contributed by atoms with van der Waals surface area (Å²) in [4.78, 5) is 24.8. The van der Waals surface area contributed by atoms with Gasteiger partial charge < -0.3 is 15.8 Å². The number of nitrogens with one attached hydrogen (secondary N) is 1. The largest absolute Gasteiger partial charge is 0.462 e. The molecule has 1 fully saturated rings. The summed E-state index contributed by atoms with van der Waals surface area (Å²) in [6.45, 7) is 1.76. The molecule has 0 unspecified atom stereocenters. The summed E-state index contributed by atoms with van der Waals surface area (Å²) in [6, 6.07) is 7.44. The van der Waals surface area contributed by atoms with Gasteiger partial charge in [0.2, 0.25) is 0 Å². The molecule has 9 heteroatoms. The van der Waals surface area contributed by atoms with Gasteiger partial charge in [0.15, 0.2) is 0 Å². The Balaban J connectivity index is 1.62. The zero-order valence-corrected chi connectivity index (χ0v) is 14.3. The molecule has 8 nitrogen and oxygen atoms in total. The van der Waals surface area contributed by atoms with E-state index in [0.717, 1.165) is 0 Å². The van der Waals surface area contributed by atoms with E-state index in [1.54, 1.807) is 6.92 Å². The van der Waals surface area contributed by atoms with Crippen molar-refractivity contribution in [1.29, 1.82) is 5.26 Å². The third kappa shape index (κ3) is 2.95. The summed E-state index contributed by atoms with van der Waals surface area (Å²) < 4.78 is 19.9. The van der Waals surface area contributed by atoms with Gasteiger partial charge in [-0.2, -0.15) is 5.26 Å². The summed E-state index contributed by atoms with van der Waals surface area (Å²) in [5.74, 6) is -0.899. The minimum Gasteiger partial charge on any atom is -0.462 e. The van der Waals surface area contributed by atoms with Crippen LogP contribution in [0.4, 0.5) is 10.2 Å². The average molecular weight is 366 g/mol. The molecular weight excluding hydrogens is 351 g/mol. The highest BCUT2D eigenvalue weighted by molar-refractivity contribution is 6.02. The standard InChI is InChI=1S/C18H15FN6O2/c1-18(10-6-13(10)27-17(21)25-18)15-11(19)3-5-14(23-15)24-16(26)12-4-2-9(7-20)8-22-12/h2-5,8,10,13H,6H2,1H3,(H2,21,25)(H,23,24,26)/t10-,13+,18+/m0/s1. The van der Waals surface area contributed by atoms with Crippen LogP contribution in [0, 0.1) is 23.1 Å². The number of hydrogen-bond donors (Lipinski definition) is 2. The van der Waals surface area contributed by atoms with Crippen LogP contribution in [0.1, 0.15) is 35.1 Å². The maximum Gasteiger partial charge on any atom is 0.283 e. The molecule has 3 heterocycles. The smallest absolute Gasteiger partial charge is 0.283 e. The topological polar surface area (TPSA) is 126 Å². The zero-order valence-electron chi connectivity index (χ0n) is 14.3. The van der Waals surface area contributed by atoms with Gasteiger partial charge in [0.25, 0.3) is 11.9 Å². The SMILES string of the molecule is C[C@@]1(c2nc(NC(=O)c3ccc(C#N)cn3)ccc2F)N=C(N)O[C@@H]2C[C@@H]21. The molecule has 0 bridgehead atoms. The molecule has 4 rings (SSSR count). The summed E-state index contributed by atoms with van der Waals surface area (Å²) >= 11 is 0. The molecule has 3 atom stereocenters. The Morgan fingerprint density at radius 3 is 2.96 bits per heavy atom. The number of fused-ring (bicyclic) bond motifs is 1. The Labute approximate surface area is 153 Å². The molecule has 0 radical (unpaired) electrons.